The van der Waals surface area contributed by atoms with E-state index in [0.717, 1.165) is 23.1 Å². The molecule has 3 amide bonds. The number of aromatic amines is 1. The van der Waals surface area contributed by atoms with Gasteiger partial charge in [0.2, 0.25) is 5.75 Å². The molecule has 1 heterocycles. The number of halogens is 3. The topological polar surface area (TPSA) is 153 Å². The van der Waals surface area contributed by atoms with Crippen LogP contribution >= 0.6 is 34.8 Å². The molecule has 0 bridgehead atoms. The number of nitrogens with zero attached hydrogens (tertiary/aromatic N) is 1. The number of carbonyl (C=O) groups is 3. The van der Waals surface area contributed by atoms with Crippen LogP contribution in [0.4, 0.5) is 11.5 Å². The molecule has 54 heavy (non-hydrogen) atoms. The Labute approximate surface area is 329 Å². The first-order chi connectivity index (χ1) is 25.5. The Bertz CT molecular complexity index is 2040. The van der Waals surface area contributed by atoms with E-state index in [1.807, 2.05) is 12.1 Å². The fourth-order valence-corrected chi connectivity index (χ4v) is 6.31. The SMILES string of the molecule is CCC(C)(C)c1ccc(OCC(=O)Nc2ccccc2C(=O)Nc2[nH]n(-c3c(Cl)cc(Cl)cc3Cl)c(=O)c2OCC(=O)NCCOC)c(C(C)(C)CC)c1. The first-order valence-electron chi connectivity index (χ1n) is 17.4. The first-order valence-corrected chi connectivity index (χ1v) is 18.5. The van der Waals surface area contributed by atoms with E-state index in [-0.39, 0.29) is 68.4 Å². The number of amides is 3. The molecule has 0 aliphatic rings. The van der Waals surface area contributed by atoms with Crippen LogP contribution in [0.5, 0.6) is 11.5 Å². The number of carbonyl (C=O) groups excluding carboxylic acids is 3. The fraction of sp³-hybridized carbons (Fsp3) is 0.385. The van der Waals surface area contributed by atoms with Crippen LogP contribution in [0.15, 0.2) is 59.4 Å². The normalized spacial score (nSPS) is 11.6. The number of para-hydroxylation sites is 1. The summed E-state index contributed by atoms with van der Waals surface area (Å²) in [5, 5.41) is 11.0. The predicted octanol–water partition coefficient (Wildman–Crippen LogP) is 7.91. The molecular weight excluding hydrogens is 757 g/mol. The number of H-pyrrole nitrogens is 1. The summed E-state index contributed by atoms with van der Waals surface area (Å²) in [5.74, 6) is -1.76. The van der Waals surface area contributed by atoms with E-state index in [4.69, 9.17) is 49.0 Å². The lowest BCUT2D eigenvalue weighted by molar-refractivity contribution is -0.123. The van der Waals surface area contributed by atoms with Crippen LogP contribution in [0.25, 0.3) is 5.69 Å². The largest absolute Gasteiger partial charge is 0.483 e. The van der Waals surface area contributed by atoms with Gasteiger partial charge in [0.25, 0.3) is 17.7 Å². The predicted molar refractivity (Wildman–Crippen MR) is 213 cm³/mol. The van der Waals surface area contributed by atoms with Gasteiger partial charge in [-0.25, -0.2) is 4.68 Å². The van der Waals surface area contributed by atoms with Crippen LogP contribution in [0, 0.1) is 0 Å². The Kier molecular flexibility index (Phi) is 14.3. The third-order valence-corrected chi connectivity index (χ3v) is 10.1. The summed E-state index contributed by atoms with van der Waals surface area (Å²) >= 11 is 18.9. The maximum Gasteiger partial charge on any atom is 0.316 e. The van der Waals surface area contributed by atoms with E-state index in [2.05, 4.69) is 68.7 Å². The van der Waals surface area contributed by atoms with Gasteiger partial charge in [-0.2, -0.15) is 0 Å². The number of rotatable bonds is 17. The van der Waals surface area contributed by atoms with Gasteiger partial charge < -0.3 is 30.2 Å². The van der Waals surface area contributed by atoms with Crippen molar-refractivity contribution in [1.29, 1.82) is 0 Å². The number of ether oxygens (including phenoxy) is 3. The van der Waals surface area contributed by atoms with E-state index in [1.165, 1.54) is 30.9 Å². The summed E-state index contributed by atoms with van der Waals surface area (Å²) in [6.45, 7) is 12.5. The van der Waals surface area contributed by atoms with Gasteiger partial charge in [-0.3, -0.25) is 24.3 Å². The monoisotopic (exact) mass is 801 g/mol. The minimum Gasteiger partial charge on any atom is -0.483 e. The summed E-state index contributed by atoms with van der Waals surface area (Å²) in [4.78, 5) is 53.1. The zero-order chi connectivity index (χ0) is 39.8. The zero-order valence-corrected chi connectivity index (χ0v) is 33.6. The molecule has 0 spiro atoms. The highest BCUT2D eigenvalue weighted by atomic mass is 35.5. The van der Waals surface area contributed by atoms with E-state index in [0.29, 0.717) is 5.75 Å². The van der Waals surface area contributed by atoms with Crippen LogP contribution in [0.1, 0.15) is 75.9 Å². The standard InChI is InChI=1S/C39H46Cl3N5O7/c1-8-38(3,4)23-14-15-30(26(18-23)39(5,6)9-2)53-22-32(49)44-29-13-11-10-12-25(29)36(50)45-35-34(54-21-31(48)43-16-17-52-7)37(51)47(46-35)33-27(41)19-24(40)20-28(33)42/h10-15,18-20,46H,8-9,16-17,21-22H2,1-7H3,(H,43,48)(H,44,49)(H,45,50). The van der Waals surface area contributed by atoms with Gasteiger partial charge in [-0.1, -0.05) is 101 Å². The lowest BCUT2D eigenvalue weighted by atomic mass is 9.76. The van der Waals surface area contributed by atoms with E-state index in [9.17, 15) is 19.2 Å². The van der Waals surface area contributed by atoms with Gasteiger partial charge in [-0.05, 0) is 59.6 Å². The number of nitrogens with one attached hydrogen (secondary N) is 4. The molecule has 0 atom stereocenters. The van der Waals surface area contributed by atoms with Gasteiger partial charge in [0.1, 0.15) is 11.4 Å². The van der Waals surface area contributed by atoms with E-state index < -0.39 is 35.6 Å². The highest BCUT2D eigenvalue weighted by Gasteiger charge is 2.28. The lowest BCUT2D eigenvalue weighted by Gasteiger charge is -2.30. The molecule has 3 aromatic carbocycles. The van der Waals surface area contributed by atoms with Crippen molar-refractivity contribution in [1.82, 2.24) is 15.1 Å². The summed E-state index contributed by atoms with van der Waals surface area (Å²) in [6, 6.07) is 15.2. The van der Waals surface area contributed by atoms with Crippen LogP contribution < -0.4 is 31.0 Å². The molecule has 0 fully saturated rings. The smallest absolute Gasteiger partial charge is 0.316 e. The molecule has 4 rings (SSSR count). The molecule has 4 aromatic rings. The van der Waals surface area contributed by atoms with Crippen molar-refractivity contribution in [3.63, 3.8) is 0 Å². The number of aromatic nitrogens is 2. The Hall–Kier alpha value is -4.49. The summed E-state index contributed by atoms with van der Waals surface area (Å²) in [5.41, 5.74) is 1.42. The fourth-order valence-electron chi connectivity index (χ4n) is 5.33. The highest BCUT2D eigenvalue weighted by Crippen LogP contribution is 2.39. The van der Waals surface area contributed by atoms with Crippen LogP contribution in [0.3, 0.4) is 0 Å². The van der Waals surface area contributed by atoms with Crippen molar-refractivity contribution in [2.75, 3.05) is 44.1 Å². The molecule has 290 valence electrons. The second kappa shape index (κ2) is 18.2. The van der Waals surface area contributed by atoms with Crippen molar-refractivity contribution >= 4 is 64.0 Å². The van der Waals surface area contributed by atoms with Crippen LogP contribution in [-0.4, -0.2) is 61.0 Å². The van der Waals surface area contributed by atoms with Gasteiger partial charge >= 0.3 is 5.56 Å². The molecule has 0 radical (unpaired) electrons. The number of hydrogen-bond donors (Lipinski definition) is 4. The van der Waals surface area contributed by atoms with Crippen molar-refractivity contribution in [2.45, 2.75) is 65.2 Å². The molecule has 4 N–H and O–H groups in total. The minimum atomic E-state index is -0.809. The third-order valence-electron chi connectivity index (χ3n) is 9.33. The maximum absolute atomic E-state index is 13.8. The second-order valence-corrected chi connectivity index (χ2v) is 15.1. The first kappa shape index (κ1) is 42.3. The molecule has 1 aromatic heterocycles. The Morgan fingerprint density at radius 2 is 1.48 bits per heavy atom. The van der Waals surface area contributed by atoms with Crippen molar-refractivity contribution in [2.24, 2.45) is 0 Å². The molecule has 0 saturated heterocycles. The summed E-state index contributed by atoms with van der Waals surface area (Å²) < 4.78 is 17.6. The number of hydrogen-bond acceptors (Lipinski definition) is 7. The molecule has 0 saturated carbocycles. The van der Waals surface area contributed by atoms with Crippen molar-refractivity contribution in [3.8, 4) is 17.2 Å². The molecular formula is C39H46Cl3N5O7. The van der Waals surface area contributed by atoms with Crippen molar-refractivity contribution < 1.29 is 28.6 Å². The Morgan fingerprint density at radius 1 is 0.833 bits per heavy atom. The van der Waals surface area contributed by atoms with Crippen LogP contribution in [-0.2, 0) is 25.2 Å². The minimum absolute atomic E-state index is 0.0268. The Balaban J connectivity index is 1.59. The number of benzene rings is 3. The van der Waals surface area contributed by atoms with Crippen LogP contribution in [0.2, 0.25) is 15.1 Å². The number of anilines is 2. The summed E-state index contributed by atoms with van der Waals surface area (Å²) in [7, 11) is 1.49. The maximum atomic E-state index is 13.8. The van der Waals surface area contributed by atoms with Crippen molar-refractivity contribution in [3.05, 3.63) is 96.7 Å². The average Bonchev–Trinajstić information content (AvgIpc) is 3.42. The number of methoxy groups -OCH3 is 1. The highest BCUT2D eigenvalue weighted by molar-refractivity contribution is 6.40. The zero-order valence-electron chi connectivity index (χ0n) is 31.4. The van der Waals surface area contributed by atoms with Gasteiger partial charge in [0.05, 0.1) is 27.9 Å². The molecule has 0 aliphatic carbocycles. The van der Waals surface area contributed by atoms with Gasteiger partial charge in [0.15, 0.2) is 19.0 Å². The molecule has 0 aliphatic heterocycles. The van der Waals surface area contributed by atoms with E-state index in [1.54, 1.807) is 18.2 Å². The quantitative estimate of drug-likeness (QED) is 0.0792. The molecule has 12 nitrogen and oxygen atoms in total. The summed E-state index contributed by atoms with van der Waals surface area (Å²) in [6.07, 6.45) is 1.82. The van der Waals surface area contributed by atoms with E-state index >= 15 is 0 Å². The third kappa shape index (κ3) is 10.2. The van der Waals surface area contributed by atoms with Gasteiger partial charge in [-0.15, -0.1) is 0 Å². The average molecular weight is 803 g/mol. The Morgan fingerprint density at radius 3 is 2.13 bits per heavy atom. The van der Waals surface area contributed by atoms with Gasteiger partial charge in [0, 0.05) is 24.2 Å². The second-order valence-electron chi connectivity index (χ2n) is 13.8. The lowest BCUT2D eigenvalue weighted by Crippen LogP contribution is -2.32. The molecule has 0 unspecified atom stereocenters. The molecule has 15 heteroatoms.